The number of nitrogens with zero attached hydrogens (tertiary/aromatic N) is 3. The maximum absolute atomic E-state index is 13.2. The van der Waals surface area contributed by atoms with Gasteiger partial charge in [0.15, 0.2) is 5.75 Å². The number of rotatable bonds is 3. The number of hydrogen-bond donors (Lipinski definition) is 1. The topological polar surface area (TPSA) is 97.6 Å². The van der Waals surface area contributed by atoms with Crippen molar-refractivity contribution in [2.24, 2.45) is 0 Å². The molecule has 8 heteroatoms. The summed E-state index contributed by atoms with van der Waals surface area (Å²) in [5, 5.41) is 14.4. The lowest BCUT2D eigenvalue weighted by atomic mass is 10.0. The number of pyridine rings is 1. The number of nitro groups is 1. The Balaban J connectivity index is 1.79. The number of ether oxygens (including phenoxy) is 1. The highest BCUT2D eigenvalue weighted by Crippen LogP contribution is 2.40. The second-order valence-corrected chi connectivity index (χ2v) is 6.35. The van der Waals surface area contributed by atoms with E-state index in [1.54, 1.807) is 4.90 Å². The molecule has 0 saturated carbocycles. The van der Waals surface area contributed by atoms with Gasteiger partial charge >= 0.3 is 5.82 Å². The Morgan fingerprint density at radius 3 is 2.58 bits per heavy atom. The Labute approximate surface area is 149 Å². The zero-order chi connectivity index (χ0) is 18.1. The Morgan fingerprint density at radius 1 is 1.15 bits per heavy atom. The minimum atomic E-state index is -0.776. The van der Waals surface area contributed by atoms with E-state index < -0.39 is 11.0 Å². The van der Waals surface area contributed by atoms with Crippen molar-refractivity contribution >= 4 is 17.5 Å². The second kappa shape index (κ2) is 6.72. The molecule has 134 valence electrons. The molecule has 0 aliphatic carbocycles. The standard InChI is InChI=1S/C18H18N4O4/c23-18-16(12-4-2-1-3-5-12)26-14-6-7-15(22(24)25)20-17(14)21(18)13-8-10-19-11-9-13/h1-7,13,16,19H,8-11H2. The molecule has 1 saturated heterocycles. The fourth-order valence-electron chi connectivity index (χ4n) is 3.46. The van der Waals surface area contributed by atoms with Crippen molar-refractivity contribution < 1.29 is 14.5 Å². The summed E-state index contributed by atoms with van der Waals surface area (Å²) in [6.45, 7) is 1.57. The smallest absolute Gasteiger partial charge is 0.366 e. The molecular weight excluding hydrogens is 336 g/mol. The highest BCUT2D eigenvalue weighted by Gasteiger charge is 2.43. The number of aromatic nitrogens is 1. The van der Waals surface area contributed by atoms with Gasteiger partial charge in [-0.3, -0.25) is 9.69 Å². The third kappa shape index (κ3) is 2.88. The van der Waals surface area contributed by atoms with E-state index in [9.17, 15) is 14.9 Å². The number of piperidine rings is 1. The number of fused-ring (bicyclic) bond motifs is 1. The van der Waals surface area contributed by atoms with Gasteiger partial charge in [-0.25, -0.2) is 0 Å². The van der Waals surface area contributed by atoms with Crippen LogP contribution in [0.15, 0.2) is 42.5 Å². The summed E-state index contributed by atoms with van der Waals surface area (Å²) in [4.78, 5) is 29.5. The van der Waals surface area contributed by atoms with E-state index in [1.807, 2.05) is 30.3 Å². The first-order chi connectivity index (χ1) is 12.6. The quantitative estimate of drug-likeness (QED) is 0.670. The minimum Gasteiger partial charge on any atom is -0.469 e. The highest BCUT2D eigenvalue weighted by molar-refractivity contribution is 6.00. The van der Waals surface area contributed by atoms with Crippen molar-refractivity contribution in [2.45, 2.75) is 25.0 Å². The molecule has 0 spiro atoms. The molecule has 1 atom stereocenters. The first-order valence-electron chi connectivity index (χ1n) is 8.56. The van der Waals surface area contributed by atoms with Crippen LogP contribution < -0.4 is 15.0 Å². The third-order valence-corrected chi connectivity index (χ3v) is 4.72. The van der Waals surface area contributed by atoms with Gasteiger partial charge in [0.2, 0.25) is 6.10 Å². The van der Waals surface area contributed by atoms with Crippen LogP contribution in [0.5, 0.6) is 5.75 Å². The fourth-order valence-corrected chi connectivity index (χ4v) is 3.46. The Hall–Kier alpha value is -3.00. The normalized spacial score (nSPS) is 20.4. The molecular formula is C18H18N4O4. The molecule has 1 unspecified atom stereocenters. The number of carbonyl (C=O) groups is 1. The molecule has 26 heavy (non-hydrogen) atoms. The Kier molecular flexibility index (Phi) is 4.26. The van der Waals surface area contributed by atoms with Gasteiger partial charge in [0.25, 0.3) is 11.7 Å². The van der Waals surface area contributed by atoms with Gasteiger partial charge < -0.3 is 20.2 Å². The fraction of sp³-hybridized carbons (Fsp3) is 0.333. The van der Waals surface area contributed by atoms with Gasteiger partial charge in [-0.2, -0.15) is 0 Å². The molecule has 0 bridgehead atoms. The summed E-state index contributed by atoms with van der Waals surface area (Å²) in [6.07, 6.45) is 0.746. The van der Waals surface area contributed by atoms with Crippen LogP contribution in [-0.4, -0.2) is 34.9 Å². The zero-order valence-electron chi connectivity index (χ0n) is 14.0. The number of benzene rings is 1. The molecule has 2 aliphatic rings. The Morgan fingerprint density at radius 2 is 1.88 bits per heavy atom. The van der Waals surface area contributed by atoms with Crippen molar-refractivity contribution in [3.63, 3.8) is 0 Å². The average molecular weight is 354 g/mol. The zero-order valence-corrected chi connectivity index (χ0v) is 14.0. The van der Waals surface area contributed by atoms with Gasteiger partial charge in [0.05, 0.1) is 0 Å². The predicted molar refractivity (Wildman–Crippen MR) is 94.1 cm³/mol. The van der Waals surface area contributed by atoms with Crippen LogP contribution in [0.4, 0.5) is 11.6 Å². The lowest BCUT2D eigenvalue weighted by molar-refractivity contribution is -0.389. The molecule has 8 nitrogen and oxygen atoms in total. The van der Waals surface area contributed by atoms with E-state index in [2.05, 4.69) is 10.3 Å². The Bertz CT molecular complexity index is 836. The first-order valence-corrected chi connectivity index (χ1v) is 8.56. The molecule has 1 N–H and O–H groups in total. The van der Waals surface area contributed by atoms with Crippen molar-refractivity contribution in [3.05, 3.63) is 58.1 Å². The molecule has 1 aromatic carbocycles. The van der Waals surface area contributed by atoms with E-state index in [-0.39, 0.29) is 23.6 Å². The number of amides is 1. The van der Waals surface area contributed by atoms with Gasteiger partial charge in [-0.05, 0) is 41.9 Å². The van der Waals surface area contributed by atoms with E-state index in [1.165, 1.54) is 12.1 Å². The van der Waals surface area contributed by atoms with Crippen LogP contribution in [0, 0.1) is 10.1 Å². The van der Waals surface area contributed by atoms with E-state index in [0.717, 1.165) is 31.5 Å². The lowest BCUT2D eigenvalue weighted by Crippen LogP contribution is -2.51. The number of nitrogens with one attached hydrogen (secondary N) is 1. The monoisotopic (exact) mass is 354 g/mol. The number of anilines is 1. The molecule has 1 aromatic heterocycles. The summed E-state index contributed by atoms with van der Waals surface area (Å²) in [7, 11) is 0. The van der Waals surface area contributed by atoms with Gasteiger partial charge in [0.1, 0.15) is 0 Å². The van der Waals surface area contributed by atoms with Crippen molar-refractivity contribution in [1.82, 2.24) is 10.3 Å². The first kappa shape index (κ1) is 16.5. The highest BCUT2D eigenvalue weighted by atomic mass is 16.6. The summed E-state index contributed by atoms with van der Waals surface area (Å²) in [5.74, 6) is 0.103. The van der Waals surface area contributed by atoms with Crippen molar-refractivity contribution in [2.75, 3.05) is 18.0 Å². The summed E-state index contributed by atoms with van der Waals surface area (Å²) >= 11 is 0. The van der Waals surface area contributed by atoms with Crippen LogP contribution in [0.2, 0.25) is 0 Å². The van der Waals surface area contributed by atoms with Crippen molar-refractivity contribution in [1.29, 1.82) is 0 Å². The molecule has 0 radical (unpaired) electrons. The van der Waals surface area contributed by atoms with Crippen LogP contribution in [0.1, 0.15) is 24.5 Å². The molecule has 1 amide bonds. The summed E-state index contributed by atoms with van der Waals surface area (Å²) in [5.41, 5.74) is 0.750. The van der Waals surface area contributed by atoms with E-state index >= 15 is 0 Å². The van der Waals surface area contributed by atoms with E-state index in [4.69, 9.17) is 4.74 Å². The molecule has 2 aromatic rings. The van der Waals surface area contributed by atoms with Gasteiger partial charge in [0, 0.05) is 17.7 Å². The van der Waals surface area contributed by atoms with E-state index in [0.29, 0.717) is 5.75 Å². The van der Waals surface area contributed by atoms with Crippen LogP contribution in [0.3, 0.4) is 0 Å². The molecule has 1 fully saturated rings. The summed E-state index contributed by atoms with van der Waals surface area (Å²) < 4.78 is 5.89. The maximum atomic E-state index is 13.2. The van der Waals surface area contributed by atoms with Crippen molar-refractivity contribution in [3.8, 4) is 5.75 Å². The molecule has 3 heterocycles. The van der Waals surface area contributed by atoms with Crippen LogP contribution >= 0.6 is 0 Å². The SMILES string of the molecule is O=C1C(c2ccccc2)Oc2ccc([N+](=O)[O-])nc2N1C1CCNCC1. The van der Waals surface area contributed by atoms with Crippen LogP contribution in [-0.2, 0) is 4.79 Å². The second-order valence-electron chi connectivity index (χ2n) is 6.35. The van der Waals surface area contributed by atoms with Gasteiger partial charge in [-0.1, -0.05) is 30.3 Å². The maximum Gasteiger partial charge on any atom is 0.366 e. The average Bonchev–Trinajstić information content (AvgIpc) is 2.68. The predicted octanol–water partition coefficient (Wildman–Crippen LogP) is 2.21. The third-order valence-electron chi connectivity index (χ3n) is 4.72. The minimum absolute atomic E-state index is 0.0629. The molecule has 4 rings (SSSR count). The summed E-state index contributed by atoms with van der Waals surface area (Å²) in [6, 6.07) is 12.0. The number of hydrogen-bond acceptors (Lipinski definition) is 6. The number of carbonyl (C=O) groups excluding carboxylic acids is 1. The van der Waals surface area contributed by atoms with Gasteiger partial charge in [-0.15, -0.1) is 0 Å². The molecule has 2 aliphatic heterocycles. The largest absolute Gasteiger partial charge is 0.469 e. The lowest BCUT2D eigenvalue weighted by Gasteiger charge is -2.38. The van der Waals surface area contributed by atoms with Crippen LogP contribution in [0.25, 0.3) is 0 Å².